The second kappa shape index (κ2) is 5.83. The van der Waals surface area contributed by atoms with E-state index in [1.165, 1.54) is 0 Å². The summed E-state index contributed by atoms with van der Waals surface area (Å²) in [6.07, 6.45) is 0. The highest BCUT2D eigenvalue weighted by Gasteiger charge is 2.16. The van der Waals surface area contributed by atoms with Gasteiger partial charge in [0.25, 0.3) is 0 Å². The Labute approximate surface area is 123 Å². The van der Waals surface area contributed by atoms with Crippen molar-refractivity contribution in [2.24, 2.45) is 5.73 Å². The standard InChI is InChI=1S/C15H15Cl2NO/c1-9-8-10(6-7-13(9)19-2)15(18)14-11(16)4-3-5-12(14)17/h3-8,15H,18H2,1-2H3. The summed E-state index contributed by atoms with van der Waals surface area (Å²) in [6, 6.07) is 10.8. The Hall–Kier alpha value is -1.22. The fourth-order valence-electron chi connectivity index (χ4n) is 2.07. The third kappa shape index (κ3) is 2.86. The maximum atomic E-state index is 6.27. The molecule has 4 heteroatoms. The van der Waals surface area contributed by atoms with Crippen LogP contribution in [0, 0.1) is 6.92 Å². The lowest BCUT2D eigenvalue weighted by Crippen LogP contribution is -2.13. The molecule has 100 valence electrons. The maximum Gasteiger partial charge on any atom is 0.121 e. The monoisotopic (exact) mass is 295 g/mol. The minimum atomic E-state index is -0.356. The molecule has 0 radical (unpaired) electrons. The van der Waals surface area contributed by atoms with Crippen molar-refractivity contribution < 1.29 is 4.74 Å². The van der Waals surface area contributed by atoms with Crippen LogP contribution in [-0.4, -0.2) is 7.11 Å². The summed E-state index contributed by atoms with van der Waals surface area (Å²) >= 11 is 12.4. The first-order valence-electron chi connectivity index (χ1n) is 5.88. The summed E-state index contributed by atoms with van der Waals surface area (Å²) in [7, 11) is 1.65. The van der Waals surface area contributed by atoms with Crippen LogP contribution < -0.4 is 10.5 Å². The molecule has 0 saturated carbocycles. The van der Waals surface area contributed by atoms with Crippen LogP contribution in [-0.2, 0) is 0 Å². The normalized spacial score (nSPS) is 12.3. The van der Waals surface area contributed by atoms with Gasteiger partial charge >= 0.3 is 0 Å². The Balaban J connectivity index is 2.44. The van der Waals surface area contributed by atoms with Crippen LogP contribution in [0.25, 0.3) is 0 Å². The van der Waals surface area contributed by atoms with E-state index in [1.807, 2.05) is 25.1 Å². The molecule has 0 aromatic heterocycles. The van der Waals surface area contributed by atoms with Crippen LogP contribution in [0.5, 0.6) is 5.75 Å². The van der Waals surface area contributed by atoms with Crippen LogP contribution in [0.3, 0.4) is 0 Å². The number of hydrogen-bond donors (Lipinski definition) is 1. The van der Waals surface area contributed by atoms with Gasteiger partial charge in [-0.1, -0.05) is 41.4 Å². The lowest BCUT2D eigenvalue weighted by atomic mass is 9.97. The second-order valence-corrected chi connectivity index (χ2v) is 5.16. The van der Waals surface area contributed by atoms with Crippen LogP contribution in [0.2, 0.25) is 10.0 Å². The van der Waals surface area contributed by atoms with Gasteiger partial charge in [-0.05, 0) is 36.2 Å². The van der Waals surface area contributed by atoms with Gasteiger partial charge in [-0.3, -0.25) is 0 Å². The molecule has 0 saturated heterocycles. The minimum Gasteiger partial charge on any atom is -0.496 e. The molecule has 0 aliphatic heterocycles. The van der Waals surface area contributed by atoms with Crippen LogP contribution in [0.1, 0.15) is 22.7 Å². The predicted molar refractivity (Wildman–Crippen MR) is 80.2 cm³/mol. The van der Waals surface area contributed by atoms with E-state index in [0.29, 0.717) is 10.0 Å². The van der Waals surface area contributed by atoms with Crippen molar-refractivity contribution in [2.45, 2.75) is 13.0 Å². The van der Waals surface area contributed by atoms with E-state index in [1.54, 1.807) is 25.3 Å². The molecule has 0 aliphatic carbocycles. The SMILES string of the molecule is COc1ccc(C(N)c2c(Cl)cccc2Cl)cc1C. The highest BCUT2D eigenvalue weighted by molar-refractivity contribution is 6.36. The quantitative estimate of drug-likeness (QED) is 0.913. The zero-order chi connectivity index (χ0) is 14.0. The molecule has 0 spiro atoms. The molecular formula is C15H15Cl2NO. The lowest BCUT2D eigenvalue weighted by molar-refractivity contribution is 0.411. The Morgan fingerprint density at radius 3 is 2.26 bits per heavy atom. The number of halogens is 2. The number of hydrogen-bond acceptors (Lipinski definition) is 2. The average Bonchev–Trinajstić information content (AvgIpc) is 2.38. The number of methoxy groups -OCH3 is 1. The van der Waals surface area contributed by atoms with Gasteiger partial charge in [-0.15, -0.1) is 0 Å². The third-order valence-electron chi connectivity index (χ3n) is 3.09. The van der Waals surface area contributed by atoms with Gasteiger partial charge in [0.2, 0.25) is 0 Å². The predicted octanol–water partition coefficient (Wildman–Crippen LogP) is 4.36. The smallest absolute Gasteiger partial charge is 0.121 e. The topological polar surface area (TPSA) is 35.2 Å². The van der Waals surface area contributed by atoms with Crippen molar-refractivity contribution in [1.82, 2.24) is 0 Å². The Morgan fingerprint density at radius 2 is 1.74 bits per heavy atom. The highest BCUT2D eigenvalue weighted by Crippen LogP contribution is 2.33. The molecule has 0 fully saturated rings. The number of nitrogens with two attached hydrogens (primary N) is 1. The van der Waals surface area contributed by atoms with Gasteiger partial charge < -0.3 is 10.5 Å². The van der Waals surface area contributed by atoms with Gasteiger partial charge in [-0.25, -0.2) is 0 Å². The molecule has 2 nitrogen and oxygen atoms in total. The zero-order valence-corrected chi connectivity index (χ0v) is 12.3. The molecule has 2 aromatic rings. The van der Waals surface area contributed by atoms with Crippen molar-refractivity contribution in [1.29, 1.82) is 0 Å². The minimum absolute atomic E-state index is 0.356. The van der Waals surface area contributed by atoms with Crippen molar-refractivity contribution in [3.05, 3.63) is 63.1 Å². The van der Waals surface area contributed by atoms with Gasteiger partial charge in [0, 0.05) is 15.6 Å². The van der Waals surface area contributed by atoms with E-state index >= 15 is 0 Å². The maximum absolute atomic E-state index is 6.27. The highest BCUT2D eigenvalue weighted by atomic mass is 35.5. The summed E-state index contributed by atoms with van der Waals surface area (Å²) < 4.78 is 5.24. The van der Waals surface area contributed by atoms with E-state index in [-0.39, 0.29) is 6.04 Å². The van der Waals surface area contributed by atoms with E-state index in [2.05, 4.69) is 0 Å². The molecule has 1 unspecified atom stereocenters. The summed E-state index contributed by atoms with van der Waals surface area (Å²) in [5.74, 6) is 0.834. The molecule has 2 N–H and O–H groups in total. The van der Waals surface area contributed by atoms with Crippen molar-refractivity contribution in [2.75, 3.05) is 7.11 Å². The molecule has 2 aromatic carbocycles. The van der Waals surface area contributed by atoms with Crippen LogP contribution in [0.4, 0.5) is 0 Å². The van der Waals surface area contributed by atoms with Crippen LogP contribution in [0.15, 0.2) is 36.4 Å². The summed E-state index contributed by atoms with van der Waals surface area (Å²) in [5.41, 5.74) is 8.99. The first kappa shape index (κ1) is 14.2. The number of benzene rings is 2. The Kier molecular flexibility index (Phi) is 4.35. The second-order valence-electron chi connectivity index (χ2n) is 4.34. The lowest BCUT2D eigenvalue weighted by Gasteiger charge is -2.17. The van der Waals surface area contributed by atoms with E-state index in [9.17, 15) is 0 Å². The molecule has 19 heavy (non-hydrogen) atoms. The summed E-state index contributed by atoms with van der Waals surface area (Å²) in [5, 5.41) is 1.15. The third-order valence-corrected chi connectivity index (χ3v) is 3.75. The number of aryl methyl sites for hydroxylation is 1. The van der Waals surface area contributed by atoms with Crippen molar-refractivity contribution in [3.8, 4) is 5.75 Å². The van der Waals surface area contributed by atoms with Crippen molar-refractivity contribution in [3.63, 3.8) is 0 Å². The molecule has 2 rings (SSSR count). The largest absolute Gasteiger partial charge is 0.496 e. The van der Waals surface area contributed by atoms with Gasteiger partial charge in [0.15, 0.2) is 0 Å². The molecule has 0 bridgehead atoms. The summed E-state index contributed by atoms with van der Waals surface area (Å²) in [4.78, 5) is 0. The fourth-order valence-corrected chi connectivity index (χ4v) is 2.70. The van der Waals surface area contributed by atoms with Crippen molar-refractivity contribution >= 4 is 23.2 Å². The molecule has 0 aliphatic rings. The molecule has 1 atom stereocenters. The Morgan fingerprint density at radius 1 is 1.11 bits per heavy atom. The first-order chi connectivity index (χ1) is 9.04. The summed E-state index contributed by atoms with van der Waals surface area (Å²) in [6.45, 7) is 1.98. The molecule has 0 amide bonds. The van der Waals surface area contributed by atoms with E-state index in [4.69, 9.17) is 33.7 Å². The number of rotatable bonds is 3. The fraction of sp³-hybridized carbons (Fsp3) is 0.200. The molecule has 0 heterocycles. The van der Waals surface area contributed by atoms with Gasteiger partial charge in [0.05, 0.1) is 13.2 Å². The van der Waals surface area contributed by atoms with Gasteiger partial charge in [0.1, 0.15) is 5.75 Å². The number of ether oxygens (including phenoxy) is 1. The molecular weight excluding hydrogens is 281 g/mol. The van der Waals surface area contributed by atoms with Crippen LogP contribution >= 0.6 is 23.2 Å². The zero-order valence-electron chi connectivity index (χ0n) is 10.8. The Bertz CT molecular complexity index is 578. The first-order valence-corrected chi connectivity index (χ1v) is 6.64. The van der Waals surface area contributed by atoms with E-state index in [0.717, 1.165) is 22.4 Å². The van der Waals surface area contributed by atoms with Gasteiger partial charge in [-0.2, -0.15) is 0 Å². The average molecular weight is 296 g/mol. The van der Waals surface area contributed by atoms with E-state index < -0.39 is 0 Å².